The number of para-hydroxylation sites is 1. The molecule has 1 aliphatic rings. The van der Waals surface area contributed by atoms with Gasteiger partial charge in [0.15, 0.2) is 0 Å². The van der Waals surface area contributed by atoms with Gasteiger partial charge in [-0.2, -0.15) is 0 Å². The Morgan fingerprint density at radius 3 is 2.75 bits per heavy atom. The van der Waals surface area contributed by atoms with Gasteiger partial charge in [-0.05, 0) is 29.8 Å². The van der Waals surface area contributed by atoms with Gasteiger partial charge in [0.1, 0.15) is 6.10 Å². The normalized spacial score (nSPS) is 16.2. The summed E-state index contributed by atoms with van der Waals surface area (Å²) in [5, 5.41) is 2.78. The maximum Gasteiger partial charge on any atom is 0.404 e. The third-order valence-electron chi connectivity index (χ3n) is 3.88. The zero-order chi connectivity index (χ0) is 17.1. The van der Waals surface area contributed by atoms with Crippen molar-refractivity contribution in [3.05, 3.63) is 54.1 Å². The van der Waals surface area contributed by atoms with Crippen molar-refractivity contribution in [2.75, 3.05) is 16.8 Å². The first kappa shape index (κ1) is 15.9. The molecule has 2 amide bonds. The lowest BCUT2D eigenvalue weighted by Gasteiger charge is -2.35. The van der Waals surface area contributed by atoms with Crippen LogP contribution in [-0.2, 0) is 16.0 Å². The lowest BCUT2D eigenvalue weighted by molar-refractivity contribution is -0.114. The van der Waals surface area contributed by atoms with E-state index in [1.165, 1.54) is 6.92 Å². The molecule has 124 valence electrons. The zero-order valence-electron chi connectivity index (χ0n) is 13.4. The SMILES string of the molecule is CC(=O)Nc1cccc(N2CC(OC(N)=O)Cc3ccccc32)c1. The molecule has 0 saturated heterocycles. The second-order valence-corrected chi connectivity index (χ2v) is 5.73. The number of nitrogens with one attached hydrogen (secondary N) is 1. The van der Waals surface area contributed by atoms with E-state index in [2.05, 4.69) is 10.2 Å². The van der Waals surface area contributed by atoms with E-state index in [9.17, 15) is 9.59 Å². The number of carbonyl (C=O) groups excluding carboxylic acids is 2. The third kappa shape index (κ3) is 3.48. The summed E-state index contributed by atoms with van der Waals surface area (Å²) in [6, 6.07) is 15.5. The number of hydrogen-bond donors (Lipinski definition) is 2. The first-order valence-electron chi connectivity index (χ1n) is 7.72. The van der Waals surface area contributed by atoms with E-state index in [4.69, 9.17) is 10.5 Å². The fraction of sp³-hybridized carbons (Fsp3) is 0.222. The van der Waals surface area contributed by atoms with E-state index < -0.39 is 6.09 Å². The third-order valence-corrected chi connectivity index (χ3v) is 3.88. The summed E-state index contributed by atoms with van der Waals surface area (Å²) in [4.78, 5) is 24.5. The van der Waals surface area contributed by atoms with Crippen LogP contribution in [0.15, 0.2) is 48.5 Å². The van der Waals surface area contributed by atoms with E-state index in [-0.39, 0.29) is 12.0 Å². The molecule has 1 heterocycles. The van der Waals surface area contributed by atoms with E-state index in [1.807, 2.05) is 48.5 Å². The molecule has 6 heteroatoms. The maximum atomic E-state index is 11.3. The van der Waals surface area contributed by atoms with E-state index in [0.717, 1.165) is 22.6 Å². The van der Waals surface area contributed by atoms with Crippen molar-refractivity contribution in [3.8, 4) is 0 Å². The molecule has 0 radical (unpaired) electrons. The molecular formula is C18H19N3O3. The molecule has 3 rings (SSSR count). The first-order valence-corrected chi connectivity index (χ1v) is 7.72. The second-order valence-electron chi connectivity index (χ2n) is 5.73. The minimum absolute atomic E-state index is 0.124. The first-order chi connectivity index (χ1) is 11.5. The Morgan fingerprint density at radius 1 is 1.21 bits per heavy atom. The number of benzene rings is 2. The van der Waals surface area contributed by atoms with Crippen molar-refractivity contribution in [2.45, 2.75) is 19.4 Å². The number of rotatable bonds is 3. The largest absolute Gasteiger partial charge is 0.444 e. The average Bonchev–Trinajstić information content (AvgIpc) is 2.53. The Hall–Kier alpha value is -3.02. The lowest BCUT2D eigenvalue weighted by atomic mass is 9.99. The van der Waals surface area contributed by atoms with Gasteiger partial charge in [0.25, 0.3) is 0 Å². The standard InChI is InChI=1S/C18H19N3O3/c1-12(22)20-14-6-4-7-15(10-14)21-11-16(24-18(19)23)9-13-5-2-3-8-17(13)21/h2-8,10,16H,9,11H2,1H3,(H2,19,23)(H,20,22). The number of carbonyl (C=O) groups is 2. The minimum Gasteiger partial charge on any atom is -0.444 e. The Labute approximate surface area is 140 Å². The minimum atomic E-state index is -0.772. The molecular weight excluding hydrogens is 306 g/mol. The molecule has 0 aromatic heterocycles. The van der Waals surface area contributed by atoms with Crippen LogP contribution >= 0.6 is 0 Å². The summed E-state index contributed by atoms with van der Waals surface area (Å²) in [6.45, 7) is 1.98. The molecule has 2 aromatic rings. The van der Waals surface area contributed by atoms with Crippen LogP contribution < -0.4 is 16.0 Å². The van der Waals surface area contributed by atoms with Gasteiger partial charge in [-0.1, -0.05) is 24.3 Å². The van der Waals surface area contributed by atoms with E-state index >= 15 is 0 Å². The molecule has 2 aromatic carbocycles. The van der Waals surface area contributed by atoms with Gasteiger partial charge in [0.05, 0.1) is 6.54 Å². The predicted octanol–water partition coefficient (Wildman–Crippen LogP) is 2.80. The fourth-order valence-electron chi connectivity index (χ4n) is 3.00. The molecule has 6 nitrogen and oxygen atoms in total. The Morgan fingerprint density at radius 2 is 2.00 bits per heavy atom. The van der Waals surface area contributed by atoms with E-state index in [0.29, 0.717) is 13.0 Å². The van der Waals surface area contributed by atoms with E-state index in [1.54, 1.807) is 0 Å². The number of ether oxygens (including phenoxy) is 1. The van der Waals surface area contributed by atoms with Crippen LogP contribution in [0.2, 0.25) is 0 Å². The number of primary amides is 1. The average molecular weight is 325 g/mol. The Bertz CT molecular complexity index is 776. The smallest absolute Gasteiger partial charge is 0.404 e. The monoisotopic (exact) mass is 325 g/mol. The van der Waals surface area contributed by atoms with Gasteiger partial charge in [0, 0.05) is 30.4 Å². The van der Waals surface area contributed by atoms with Crippen LogP contribution in [0.3, 0.4) is 0 Å². The Kier molecular flexibility index (Phi) is 4.37. The van der Waals surface area contributed by atoms with Crippen molar-refractivity contribution in [3.63, 3.8) is 0 Å². The second kappa shape index (κ2) is 6.62. The molecule has 1 atom stereocenters. The number of anilines is 3. The lowest BCUT2D eigenvalue weighted by Crippen LogP contribution is -2.39. The van der Waals surface area contributed by atoms with Crippen molar-refractivity contribution in [2.24, 2.45) is 5.73 Å². The summed E-state index contributed by atoms with van der Waals surface area (Å²) in [7, 11) is 0. The van der Waals surface area contributed by atoms with Crippen LogP contribution in [0.1, 0.15) is 12.5 Å². The van der Waals surface area contributed by atoms with Crippen molar-refractivity contribution in [1.82, 2.24) is 0 Å². The maximum absolute atomic E-state index is 11.3. The van der Waals surface area contributed by atoms with Gasteiger partial charge in [-0.15, -0.1) is 0 Å². The fourth-order valence-corrected chi connectivity index (χ4v) is 3.00. The molecule has 1 aliphatic heterocycles. The number of amides is 2. The highest BCUT2D eigenvalue weighted by atomic mass is 16.6. The number of nitrogens with two attached hydrogens (primary N) is 1. The summed E-state index contributed by atoms with van der Waals surface area (Å²) in [6.07, 6.45) is -0.464. The molecule has 0 saturated carbocycles. The van der Waals surface area contributed by atoms with Crippen LogP contribution in [0.4, 0.5) is 21.9 Å². The van der Waals surface area contributed by atoms with Crippen molar-refractivity contribution >= 4 is 29.1 Å². The number of hydrogen-bond acceptors (Lipinski definition) is 4. The zero-order valence-corrected chi connectivity index (χ0v) is 13.4. The molecule has 1 unspecified atom stereocenters. The highest BCUT2D eigenvalue weighted by molar-refractivity contribution is 5.89. The van der Waals surface area contributed by atoms with Gasteiger partial charge in [-0.3, -0.25) is 4.79 Å². The topological polar surface area (TPSA) is 84.7 Å². The highest BCUT2D eigenvalue weighted by Gasteiger charge is 2.27. The quantitative estimate of drug-likeness (QED) is 0.909. The molecule has 0 aliphatic carbocycles. The van der Waals surface area contributed by atoms with Crippen LogP contribution in [0.5, 0.6) is 0 Å². The predicted molar refractivity (Wildman–Crippen MR) is 92.4 cm³/mol. The summed E-state index contributed by atoms with van der Waals surface area (Å²) in [5.41, 5.74) is 8.95. The molecule has 0 bridgehead atoms. The summed E-state index contributed by atoms with van der Waals surface area (Å²) in [5.74, 6) is -0.124. The van der Waals surface area contributed by atoms with Crippen molar-refractivity contribution < 1.29 is 14.3 Å². The Balaban J connectivity index is 1.96. The van der Waals surface area contributed by atoms with Gasteiger partial charge in [-0.25, -0.2) is 4.79 Å². The summed E-state index contributed by atoms with van der Waals surface area (Å²) < 4.78 is 5.22. The molecule has 24 heavy (non-hydrogen) atoms. The van der Waals surface area contributed by atoms with Gasteiger partial charge < -0.3 is 20.7 Å². The number of nitrogens with zero attached hydrogens (tertiary/aromatic N) is 1. The van der Waals surface area contributed by atoms with Crippen molar-refractivity contribution in [1.29, 1.82) is 0 Å². The van der Waals surface area contributed by atoms with Gasteiger partial charge in [0.2, 0.25) is 5.91 Å². The molecule has 0 fully saturated rings. The summed E-state index contributed by atoms with van der Waals surface area (Å²) >= 11 is 0. The number of fused-ring (bicyclic) bond motifs is 1. The van der Waals surface area contributed by atoms with Crippen LogP contribution in [-0.4, -0.2) is 24.6 Å². The van der Waals surface area contributed by atoms with Crippen LogP contribution in [0, 0.1) is 0 Å². The molecule has 3 N–H and O–H groups in total. The highest BCUT2D eigenvalue weighted by Crippen LogP contribution is 2.35. The van der Waals surface area contributed by atoms with Gasteiger partial charge >= 0.3 is 6.09 Å². The van der Waals surface area contributed by atoms with Crippen LogP contribution in [0.25, 0.3) is 0 Å². The molecule has 0 spiro atoms.